The van der Waals surface area contributed by atoms with E-state index in [9.17, 15) is 4.79 Å². The third-order valence-electron chi connectivity index (χ3n) is 2.07. The third-order valence-corrected chi connectivity index (χ3v) is 3.10. The maximum atomic E-state index is 11.3. The van der Waals surface area contributed by atoms with Crippen molar-refractivity contribution < 1.29 is 4.79 Å². The summed E-state index contributed by atoms with van der Waals surface area (Å²) in [7, 11) is 3.59. The summed E-state index contributed by atoms with van der Waals surface area (Å²) in [4.78, 5) is 12.9. The van der Waals surface area contributed by atoms with Crippen molar-refractivity contribution in [3.8, 4) is 0 Å². The van der Waals surface area contributed by atoms with Crippen LogP contribution >= 0.6 is 11.8 Å². The zero-order chi connectivity index (χ0) is 11.1. The van der Waals surface area contributed by atoms with Crippen molar-refractivity contribution in [1.82, 2.24) is 4.90 Å². The van der Waals surface area contributed by atoms with Crippen LogP contribution in [0.5, 0.6) is 0 Å². The van der Waals surface area contributed by atoms with E-state index in [4.69, 9.17) is 0 Å². The molecule has 0 aliphatic heterocycles. The predicted molar refractivity (Wildman–Crippen MR) is 65.9 cm³/mol. The van der Waals surface area contributed by atoms with Gasteiger partial charge in [-0.25, -0.2) is 0 Å². The van der Waals surface area contributed by atoms with E-state index >= 15 is 0 Å². The van der Waals surface area contributed by atoms with Gasteiger partial charge in [-0.3, -0.25) is 4.79 Å². The first-order valence-corrected chi connectivity index (χ1v) is 6.17. The van der Waals surface area contributed by atoms with Gasteiger partial charge >= 0.3 is 0 Å². The molecule has 0 spiro atoms. The predicted octanol–water partition coefficient (Wildman–Crippen LogP) is 2.40. The molecular formula is C12H17NOS. The molecule has 0 fully saturated rings. The molecule has 0 saturated heterocycles. The average molecular weight is 223 g/mol. The number of benzene rings is 1. The van der Waals surface area contributed by atoms with E-state index in [1.165, 1.54) is 5.56 Å². The van der Waals surface area contributed by atoms with Gasteiger partial charge in [0.15, 0.2) is 0 Å². The third kappa shape index (κ3) is 4.88. The quantitative estimate of drug-likeness (QED) is 0.714. The Kier molecular flexibility index (Phi) is 5.26. The summed E-state index contributed by atoms with van der Waals surface area (Å²) in [5.74, 6) is 2.09. The van der Waals surface area contributed by atoms with E-state index in [2.05, 4.69) is 12.1 Å². The Morgan fingerprint density at radius 1 is 1.27 bits per heavy atom. The molecule has 82 valence electrons. The lowest BCUT2D eigenvalue weighted by atomic mass is 10.2. The monoisotopic (exact) mass is 223 g/mol. The van der Waals surface area contributed by atoms with Gasteiger partial charge in [0.25, 0.3) is 0 Å². The SMILES string of the molecule is CN(C)C(=O)CCSCc1ccccc1. The Bertz CT molecular complexity index is 298. The summed E-state index contributed by atoms with van der Waals surface area (Å²) >= 11 is 1.80. The molecular weight excluding hydrogens is 206 g/mol. The highest BCUT2D eigenvalue weighted by Gasteiger charge is 2.02. The van der Waals surface area contributed by atoms with Gasteiger partial charge in [-0.1, -0.05) is 30.3 Å². The van der Waals surface area contributed by atoms with Crippen molar-refractivity contribution in [2.24, 2.45) is 0 Å². The summed E-state index contributed by atoms with van der Waals surface area (Å²) in [5.41, 5.74) is 1.32. The van der Waals surface area contributed by atoms with Crippen LogP contribution in [0.1, 0.15) is 12.0 Å². The first-order chi connectivity index (χ1) is 7.20. The standard InChI is InChI=1S/C12H17NOS/c1-13(2)12(14)8-9-15-10-11-6-4-3-5-7-11/h3-7H,8-10H2,1-2H3. The molecule has 1 rings (SSSR count). The van der Waals surface area contributed by atoms with Crippen LogP contribution in [0.3, 0.4) is 0 Å². The van der Waals surface area contributed by atoms with E-state index in [1.807, 2.05) is 18.2 Å². The van der Waals surface area contributed by atoms with Crippen LogP contribution in [0.15, 0.2) is 30.3 Å². The lowest BCUT2D eigenvalue weighted by Crippen LogP contribution is -2.21. The fourth-order valence-corrected chi connectivity index (χ4v) is 2.04. The van der Waals surface area contributed by atoms with Crippen LogP contribution in [0.2, 0.25) is 0 Å². The highest BCUT2D eigenvalue weighted by Crippen LogP contribution is 2.12. The fourth-order valence-electron chi connectivity index (χ4n) is 1.15. The number of nitrogens with zero attached hydrogens (tertiary/aromatic N) is 1. The van der Waals surface area contributed by atoms with Crippen LogP contribution in [0, 0.1) is 0 Å². The van der Waals surface area contributed by atoms with E-state index in [0.29, 0.717) is 6.42 Å². The largest absolute Gasteiger partial charge is 0.349 e. The number of carbonyl (C=O) groups excluding carboxylic acids is 1. The minimum Gasteiger partial charge on any atom is -0.349 e. The summed E-state index contributed by atoms with van der Waals surface area (Å²) in [6.45, 7) is 0. The van der Waals surface area contributed by atoms with Crippen LogP contribution in [0.4, 0.5) is 0 Å². The number of hydrogen-bond donors (Lipinski definition) is 0. The van der Waals surface area contributed by atoms with Crippen molar-refractivity contribution in [2.75, 3.05) is 19.8 Å². The molecule has 0 unspecified atom stereocenters. The number of hydrogen-bond acceptors (Lipinski definition) is 2. The Balaban J connectivity index is 2.15. The van der Waals surface area contributed by atoms with Gasteiger partial charge in [-0.2, -0.15) is 11.8 Å². The van der Waals surface area contributed by atoms with E-state index in [0.717, 1.165) is 11.5 Å². The molecule has 0 aliphatic carbocycles. The normalized spacial score (nSPS) is 10.0. The molecule has 0 saturated carbocycles. The van der Waals surface area contributed by atoms with Crippen LogP contribution in [-0.4, -0.2) is 30.7 Å². The van der Waals surface area contributed by atoms with Gasteiger partial charge in [-0.05, 0) is 5.56 Å². The van der Waals surface area contributed by atoms with Crippen molar-refractivity contribution in [3.63, 3.8) is 0 Å². The first-order valence-electron chi connectivity index (χ1n) is 5.02. The Hall–Kier alpha value is -0.960. The molecule has 0 atom stereocenters. The maximum absolute atomic E-state index is 11.3. The Morgan fingerprint density at radius 3 is 2.53 bits per heavy atom. The van der Waals surface area contributed by atoms with Crippen molar-refractivity contribution in [2.45, 2.75) is 12.2 Å². The summed E-state index contributed by atoms with van der Waals surface area (Å²) in [5, 5.41) is 0. The highest BCUT2D eigenvalue weighted by atomic mass is 32.2. The molecule has 0 N–H and O–H groups in total. The number of amides is 1. The molecule has 1 aromatic carbocycles. The number of thioether (sulfide) groups is 1. The van der Waals surface area contributed by atoms with Crippen LogP contribution in [0.25, 0.3) is 0 Å². The second kappa shape index (κ2) is 6.51. The van der Waals surface area contributed by atoms with Crippen LogP contribution < -0.4 is 0 Å². The lowest BCUT2D eigenvalue weighted by molar-refractivity contribution is -0.128. The minimum atomic E-state index is 0.204. The molecule has 15 heavy (non-hydrogen) atoms. The smallest absolute Gasteiger partial charge is 0.222 e. The van der Waals surface area contributed by atoms with Gasteiger partial charge in [0.2, 0.25) is 5.91 Å². The first kappa shape index (κ1) is 12.1. The van der Waals surface area contributed by atoms with Crippen molar-refractivity contribution in [1.29, 1.82) is 0 Å². The topological polar surface area (TPSA) is 20.3 Å². The zero-order valence-electron chi connectivity index (χ0n) is 9.27. The molecule has 1 aromatic rings. The summed E-state index contributed by atoms with van der Waals surface area (Å²) < 4.78 is 0. The molecule has 1 amide bonds. The lowest BCUT2D eigenvalue weighted by Gasteiger charge is -2.09. The second-order valence-electron chi connectivity index (χ2n) is 3.58. The second-order valence-corrected chi connectivity index (χ2v) is 4.68. The highest BCUT2D eigenvalue weighted by molar-refractivity contribution is 7.98. The summed E-state index contributed by atoms with van der Waals surface area (Å²) in [6.07, 6.45) is 0.629. The molecule has 0 aliphatic rings. The molecule has 2 nitrogen and oxygen atoms in total. The summed E-state index contributed by atoms with van der Waals surface area (Å²) in [6, 6.07) is 10.3. The molecule has 3 heteroatoms. The van der Waals surface area contributed by atoms with Crippen LogP contribution in [-0.2, 0) is 10.5 Å². The molecule has 0 aromatic heterocycles. The Morgan fingerprint density at radius 2 is 1.93 bits per heavy atom. The molecule has 0 heterocycles. The molecule has 0 radical (unpaired) electrons. The van der Waals surface area contributed by atoms with Gasteiger partial charge in [0, 0.05) is 32.0 Å². The number of rotatable bonds is 5. The average Bonchev–Trinajstić information content (AvgIpc) is 2.25. The van der Waals surface area contributed by atoms with E-state index in [1.54, 1.807) is 30.8 Å². The van der Waals surface area contributed by atoms with Gasteiger partial charge in [0.1, 0.15) is 0 Å². The Labute approximate surface area is 95.7 Å². The molecule has 0 bridgehead atoms. The van der Waals surface area contributed by atoms with Crippen molar-refractivity contribution >= 4 is 17.7 Å². The van der Waals surface area contributed by atoms with Gasteiger partial charge in [0.05, 0.1) is 0 Å². The van der Waals surface area contributed by atoms with E-state index < -0.39 is 0 Å². The number of carbonyl (C=O) groups is 1. The maximum Gasteiger partial charge on any atom is 0.222 e. The van der Waals surface area contributed by atoms with Gasteiger partial charge < -0.3 is 4.90 Å². The fraction of sp³-hybridized carbons (Fsp3) is 0.417. The zero-order valence-corrected chi connectivity index (χ0v) is 10.1. The van der Waals surface area contributed by atoms with Gasteiger partial charge in [-0.15, -0.1) is 0 Å². The minimum absolute atomic E-state index is 0.204. The van der Waals surface area contributed by atoms with Crippen molar-refractivity contribution in [3.05, 3.63) is 35.9 Å². The van der Waals surface area contributed by atoms with E-state index in [-0.39, 0.29) is 5.91 Å².